The maximum absolute atomic E-state index is 13.0. The Labute approximate surface area is 120 Å². The van der Waals surface area contributed by atoms with Crippen molar-refractivity contribution in [1.29, 1.82) is 0 Å². The molecule has 0 aliphatic rings. The molecule has 1 aromatic carbocycles. The van der Waals surface area contributed by atoms with Crippen LogP contribution in [0.25, 0.3) is 0 Å². The summed E-state index contributed by atoms with van der Waals surface area (Å²) in [4.78, 5) is 18.6. The minimum Gasteiger partial charge on any atom is -0.370 e. The third-order valence-electron chi connectivity index (χ3n) is 2.58. The standard InChI is InChI=1S/C13H12ClFN4O/c14-9-7-8(1-2-10(9)15)3-5-17-11-4-6-18-13(19-11)12(16)20/h1-2,4,6-7H,3,5H2,(H2,16,20)(H,17,18,19). The van der Waals surface area contributed by atoms with E-state index in [9.17, 15) is 9.18 Å². The van der Waals surface area contributed by atoms with E-state index in [0.29, 0.717) is 18.8 Å². The SMILES string of the molecule is NC(=O)c1nccc(NCCc2ccc(F)c(Cl)c2)n1. The van der Waals surface area contributed by atoms with Crippen molar-refractivity contribution in [2.24, 2.45) is 5.73 Å². The Hall–Kier alpha value is -2.21. The Balaban J connectivity index is 1.94. The van der Waals surface area contributed by atoms with Gasteiger partial charge in [-0.2, -0.15) is 0 Å². The fourth-order valence-corrected chi connectivity index (χ4v) is 1.81. The van der Waals surface area contributed by atoms with E-state index in [1.54, 1.807) is 18.2 Å². The van der Waals surface area contributed by atoms with Crippen LogP contribution in [-0.4, -0.2) is 22.4 Å². The lowest BCUT2D eigenvalue weighted by Crippen LogP contribution is -2.16. The number of aromatic nitrogens is 2. The zero-order valence-electron chi connectivity index (χ0n) is 10.4. The van der Waals surface area contributed by atoms with Crippen molar-refractivity contribution >= 4 is 23.3 Å². The molecule has 0 spiro atoms. The van der Waals surface area contributed by atoms with Crippen molar-refractivity contribution in [2.75, 3.05) is 11.9 Å². The van der Waals surface area contributed by atoms with Crippen LogP contribution in [0.15, 0.2) is 30.5 Å². The molecule has 0 aliphatic heterocycles. The number of rotatable bonds is 5. The third-order valence-corrected chi connectivity index (χ3v) is 2.87. The summed E-state index contributed by atoms with van der Waals surface area (Å²) in [6, 6.07) is 6.20. The molecule has 0 unspecified atom stereocenters. The van der Waals surface area contributed by atoms with Crippen molar-refractivity contribution < 1.29 is 9.18 Å². The Morgan fingerprint density at radius 2 is 2.20 bits per heavy atom. The molecule has 0 atom stereocenters. The van der Waals surface area contributed by atoms with Crippen LogP contribution in [0, 0.1) is 5.82 Å². The van der Waals surface area contributed by atoms with Gasteiger partial charge in [0.25, 0.3) is 5.91 Å². The fourth-order valence-electron chi connectivity index (χ4n) is 1.61. The van der Waals surface area contributed by atoms with Crippen LogP contribution >= 0.6 is 11.6 Å². The summed E-state index contributed by atoms with van der Waals surface area (Å²) in [7, 11) is 0. The van der Waals surface area contributed by atoms with Gasteiger partial charge in [-0.15, -0.1) is 0 Å². The lowest BCUT2D eigenvalue weighted by Gasteiger charge is -2.06. The second kappa shape index (κ2) is 6.29. The Bertz CT molecular complexity index is 636. The Morgan fingerprint density at radius 3 is 2.90 bits per heavy atom. The first-order valence-electron chi connectivity index (χ1n) is 5.87. The second-order valence-electron chi connectivity index (χ2n) is 4.05. The molecular weight excluding hydrogens is 283 g/mol. The monoisotopic (exact) mass is 294 g/mol. The highest BCUT2D eigenvalue weighted by atomic mass is 35.5. The Morgan fingerprint density at radius 1 is 1.40 bits per heavy atom. The second-order valence-corrected chi connectivity index (χ2v) is 4.46. The summed E-state index contributed by atoms with van der Waals surface area (Å²) in [6.07, 6.45) is 2.08. The molecule has 1 heterocycles. The number of hydrogen-bond acceptors (Lipinski definition) is 4. The number of primary amides is 1. The minimum atomic E-state index is -0.682. The van der Waals surface area contributed by atoms with Crippen LogP contribution in [-0.2, 0) is 6.42 Å². The topological polar surface area (TPSA) is 80.9 Å². The first kappa shape index (κ1) is 14.2. The van der Waals surface area contributed by atoms with Crippen LogP contribution in [0.5, 0.6) is 0 Å². The molecule has 1 aromatic heterocycles. The van der Waals surface area contributed by atoms with Crippen molar-refractivity contribution in [1.82, 2.24) is 9.97 Å². The number of halogens is 2. The molecule has 0 bridgehead atoms. The highest BCUT2D eigenvalue weighted by Crippen LogP contribution is 2.16. The van der Waals surface area contributed by atoms with Crippen LogP contribution in [0.3, 0.4) is 0 Å². The highest BCUT2D eigenvalue weighted by Gasteiger charge is 2.05. The number of anilines is 1. The molecule has 5 nitrogen and oxygen atoms in total. The zero-order chi connectivity index (χ0) is 14.5. The van der Waals surface area contributed by atoms with Crippen LogP contribution in [0.4, 0.5) is 10.2 Å². The number of carbonyl (C=O) groups is 1. The minimum absolute atomic E-state index is 0.0418. The van der Waals surface area contributed by atoms with Crippen LogP contribution < -0.4 is 11.1 Å². The number of nitrogens with two attached hydrogens (primary N) is 1. The smallest absolute Gasteiger partial charge is 0.286 e. The van der Waals surface area contributed by atoms with Gasteiger partial charge in [0.1, 0.15) is 11.6 Å². The molecule has 20 heavy (non-hydrogen) atoms. The van der Waals surface area contributed by atoms with Gasteiger partial charge in [0, 0.05) is 12.7 Å². The molecular formula is C13H12ClFN4O. The molecule has 1 amide bonds. The quantitative estimate of drug-likeness (QED) is 0.884. The summed E-state index contributed by atoms with van der Waals surface area (Å²) < 4.78 is 13.0. The summed E-state index contributed by atoms with van der Waals surface area (Å²) in [5, 5.41) is 3.12. The third kappa shape index (κ3) is 3.64. The van der Waals surface area contributed by atoms with Gasteiger partial charge in [-0.1, -0.05) is 17.7 Å². The van der Waals surface area contributed by atoms with Gasteiger partial charge >= 0.3 is 0 Å². The summed E-state index contributed by atoms with van der Waals surface area (Å²) in [5.41, 5.74) is 5.99. The molecule has 3 N–H and O–H groups in total. The lowest BCUT2D eigenvalue weighted by molar-refractivity contribution is 0.0990. The first-order valence-corrected chi connectivity index (χ1v) is 6.24. The largest absolute Gasteiger partial charge is 0.370 e. The van der Waals surface area contributed by atoms with Crippen molar-refractivity contribution in [2.45, 2.75) is 6.42 Å². The predicted molar refractivity (Wildman–Crippen MR) is 74.2 cm³/mol. The maximum Gasteiger partial charge on any atom is 0.286 e. The van der Waals surface area contributed by atoms with Gasteiger partial charge in [-0.05, 0) is 30.2 Å². The van der Waals surface area contributed by atoms with E-state index < -0.39 is 11.7 Å². The number of benzene rings is 1. The maximum atomic E-state index is 13.0. The molecule has 104 valence electrons. The van der Waals surface area contributed by atoms with E-state index in [-0.39, 0.29) is 10.8 Å². The first-order chi connectivity index (χ1) is 9.56. The van der Waals surface area contributed by atoms with Crippen molar-refractivity contribution in [3.63, 3.8) is 0 Å². The van der Waals surface area contributed by atoms with Gasteiger partial charge < -0.3 is 11.1 Å². The molecule has 2 aromatic rings. The van der Waals surface area contributed by atoms with E-state index in [2.05, 4.69) is 15.3 Å². The molecule has 0 saturated heterocycles. The lowest BCUT2D eigenvalue weighted by atomic mass is 10.1. The van der Waals surface area contributed by atoms with Crippen LogP contribution in [0.1, 0.15) is 16.2 Å². The average molecular weight is 295 g/mol. The Kier molecular flexibility index (Phi) is 4.47. The summed E-state index contributed by atoms with van der Waals surface area (Å²) >= 11 is 5.70. The van der Waals surface area contributed by atoms with E-state index in [1.165, 1.54) is 12.3 Å². The van der Waals surface area contributed by atoms with E-state index in [1.807, 2.05) is 0 Å². The van der Waals surface area contributed by atoms with Gasteiger partial charge in [-0.3, -0.25) is 4.79 Å². The number of hydrogen-bond donors (Lipinski definition) is 2. The fraction of sp³-hybridized carbons (Fsp3) is 0.154. The molecule has 0 saturated carbocycles. The number of amides is 1. The number of nitrogens with one attached hydrogen (secondary N) is 1. The van der Waals surface area contributed by atoms with Crippen molar-refractivity contribution in [3.8, 4) is 0 Å². The molecule has 2 rings (SSSR count). The van der Waals surface area contributed by atoms with Gasteiger partial charge in [0.2, 0.25) is 5.82 Å². The molecule has 0 radical (unpaired) electrons. The van der Waals surface area contributed by atoms with E-state index in [4.69, 9.17) is 17.3 Å². The highest BCUT2D eigenvalue weighted by molar-refractivity contribution is 6.30. The average Bonchev–Trinajstić information content (AvgIpc) is 2.43. The number of nitrogens with zero attached hydrogens (tertiary/aromatic N) is 2. The van der Waals surface area contributed by atoms with Crippen molar-refractivity contribution in [3.05, 3.63) is 52.7 Å². The molecule has 0 aliphatic carbocycles. The normalized spacial score (nSPS) is 10.3. The summed E-state index contributed by atoms with van der Waals surface area (Å²) in [6.45, 7) is 0.553. The molecule has 0 fully saturated rings. The van der Waals surface area contributed by atoms with Gasteiger partial charge in [0.15, 0.2) is 0 Å². The van der Waals surface area contributed by atoms with Gasteiger partial charge in [0.05, 0.1) is 5.02 Å². The molecule has 7 heteroatoms. The van der Waals surface area contributed by atoms with Gasteiger partial charge in [-0.25, -0.2) is 14.4 Å². The predicted octanol–water partition coefficient (Wildman–Crippen LogP) is 2.02. The zero-order valence-corrected chi connectivity index (χ0v) is 11.2. The van der Waals surface area contributed by atoms with E-state index in [0.717, 1.165) is 5.56 Å². The van der Waals surface area contributed by atoms with Crippen LogP contribution in [0.2, 0.25) is 5.02 Å². The van der Waals surface area contributed by atoms with E-state index >= 15 is 0 Å². The number of carbonyl (C=O) groups excluding carboxylic acids is 1. The summed E-state index contributed by atoms with van der Waals surface area (Å²) in [5.74, 6) is -0.661.